The molecule has 3 aliphatic carbocycles. The van der Waals surface area contributed by atoms with Crippen molar-refractivity contribution in [1.29, 1.82) is 0 Å². The number of fused-ring (bicyclic) bond motifs is 2. The second-order valence-electron chi connectivity index (χ2n) is 5.56. The molecule has 1 heterocycles. The molecule has 0 spiro atoms. The highest BCUT2D eigenvalue weighted by molar-refractivity contribution is 5.93. The summed E-state index contributed by atoms with van der Waals surface area (Å²) >= 11 is 0. The Balaban J connectivity index is 1.57. The third-order valence-electron chi connectivity index (χ3n) is 4.28. The molecule has 1 saturated carbocycles. The molecule has 0 saturated heterocycles. The van der Waals surface area contributed by atoms with Crippen LogP contribution in [-0.2, 0) is 0 Å². The highest BCUT2D eigenvalue weighted by atomic mass is 16.4. The van der Waals surface area contributed by atoms with Gasteiger partial charge in [0.2, 0.25) is 5.76 Å². The van der Waals surface area contributed by atoms with Crippen molar-refractivity contribution in [1.82, 2.24) is 5.32 Å². The second-order valence-corrected chi connectivity index (χ2v) is 5.56. The Morgan fingerprint density at radius 1 is 1.25 bits per heavy atom. The number of carboxylic acids is 1. The largest absolute Gasteiger partial charge is 0.475 e. The molecular formula is C15H17NO4. The summed E-state index contributed by atoms with van der Waals surface area (Å²) in [6.45, 7) is 0.618. The molecule has 20 heavy (non-hydrogen) atoms. The standard InChI is InChI=1S/C15H17NO4/c17-14(12-5-6-13(20-12)15(18)19)16-8-11-7-9-1-3-10(11)4-2-9/h1,3,5-6,9-11H,2,4,7-8H2,(H,16,17)(H,18,19). The highest BCUT2D eigenvalue weighted by Gasteiger charge is 2.32. The number of nitrogens with one attached hydrogen (secondary N) is 1. The van der Waals surface area contributed by atoms with E-state index >= 15 is 0 Å². The second kappa shape index (κ2) is 5.15. The summed E-state index contributed by atoms with van der Waals surface area (Å²) in [6, 6.07) is 2.69. The number of carboxylic acid groups (broad SMARTS) is 1. The van der Waals surface area contributed by atoms with Gasteiger partial charge in [0.15, 0.2) is 5.76 Å². The maximum absolute atomic E-state index is 11.9. The first-order valence-electron chi connectivity index (χ1n) is 6.93. The first kappa shape index (κ1) is 13.0. The van der Waals surface area contributed by atoms with Gasteiger partial charge < -0.3 is 14.8 Å². The Kier molecular flexibility index (Phi) is 3.34. The van der Waals surface area contributed by atoms with E-state index in [-0.39, 0.29) is 17.4 Å². The molecule has 4 rings (SSSR count). The lowest BCUT2D eigenvalue weighted by molar-refractivity contribution is 0.0659. The molecule has 1 fully saturated rings. The Morgan fingerprint density at radius 2 is 2.05 bits per heavy atom. The van der Waals surface area contributed by atoms with E-state index in [1.807, 2.05) is 0 Å². The minimum absolute atomic E-state index is 0.0545. The van der Waals surface area contributed by atoms with E-state index in [4.69, 9.17) is 9.52 Å². The van der Waals surface area contributed by atoms with Crippen LogP contribution < -0.4 is 5.32 Å². The molecule has 0 aliphatic heterocycles. The fraction of sp³-hybridized carbons (Fsp3) is 0.467. The van der Waals surface area contributed by atoms with Gasteiger partial charge in [-0.1, -0.05) is 12.2 Å². The van der Waals surface area contributed by atoms with Crippen LogP contribution in [0.2, 0.25) is 0 Å². The fourth-order valence-electron chi connectivity index (χ4n) is 3.17. The molecule has 1 aromatic heterocycles. The van der Waals surface area contributed by atoms with Crippen molar-refractivity contribution in [3.05, 3.63) is 35.8 Å². The summed E-state index contributed by atoms with van der Waals surface area (Å²) in [5.41, 5.74) is 0. The van der Waals surface area contributed by atoms with Crippen LogP contribution in [0, 0.1) is 17.8 Å². The highest BCUT2D eigenvalue weighted by Crippen LogP contribution is 2.39. The van der Waals surface area contributed by atoms with Crippen molar-refractivity contribution in [2.45, 2.75) is 19.3 Å². The van der Waals surface area contributed by atoms with Crippen LogP contribution in [0.15, 0.2) is 28.7 Å². The number of allylic oxidation sites excluding steroid dienone is 2. The number of furan rings is 1. The number of carbonyl (C=O) groups is 2. The summed E-state index contributed by atoms with van der Waals surface area (Å²) < 4.78 is 4.98. The smallest absolute Gasteiger partial charge is 0.371 e. The Morgan fingerprint density at radius 3 is 2.60 bits per heavy atom. The molecule has 3 atom stereocenters. The summed E-state index contributed by atoms with van der Waals surface area (Å²) in [6.07, 6.45) is 8.14. The molecule has 5 heteroatoms. The third kappa shape index (κ3) is 2.48. The van der Waals surface area contributed by atoms with Crippen molar-refractivity contribution in [3.63, 3.8) is 0 Å². The lowest BCUT2D eigenvalue weighted by Gasteiger charge is -2.38. The van der Waals surface area contributed by atoms with Gasteiger partial charge in [-0.2, -0.15) is 0 Å². The van der Waals surface area contributed by atoms with Gasteiger partial charge in [0, 0.05) is 6.54 Å². The van der Waals surface area contributed by atoms with Crippen molar-refractivity contribution < 1.29 is 19.1 Å². The number of aromatic carboxylic acids is 1. The molecule has 1 aromatic rings. The van der Waals surface area contributed by atoms with Gasteiger partial charge in [-0.05, 0) is 49.1 Å². The normalized spacial score (nSPS) is 27.5. The van der Waals surface area contributed by atoms with Gasteiger partial charge in [0.1, 0.15) is 0 Å². The summed E-state index contributed by atoms with van der Waals surface area (Å²) in [4.78, 5) is 22.6. The van der Waals surface area contributed by atoms with Gasteiger partial charge in [-0.15, -0.1) is 0 Å². The van der Waals surface area contributed by atoms with E-state index in [9.17, 15) is 9.59 Å². The van der Waals surface area contributed by atoms with Gasteiger partial charge in [-0.3, -0.25) is 4.79 Å². The Bertz CT molecular complexity index is 560. The zero-order valence-electron chi connectivity index (χ0n) is 11.0. The molecule has 3 unspecified atom stereocenters. The maximum atomic E-state index is 11.9. The van der Waals surface area contributed by atoms with Gasteiger partial charge in [0.05, 0.1) is 0 Å². The van der Waals surface area contributed by atoms with E-state index < -0.39 is 5.97 Å². The summed E-state index contributed by atoms with van der Waals surface area (Å²) in [5.74, 6) is 0.0302. The van der Waals surface area contributed by atoms with E-state index in [2.05, 4.69) is 17.5 Å². The first-order chi connectivity index (χ1) is 9.63. The van der Waals surface area contributed by atoms with E-state index in [1.54, 1.807) is 0 Å². The predicted octanol–water partition coefficient (Wildman–Crippen LogP) is 2.31. The molecular weight excluding hydrogens is 258 g/mol. The number of hydrogen-bond acceptors (Lipinski definition) is 3. The minimum Gasteiger partial charge on any atom is -0.475 e. The fourth-order valence-corrected chi connectivity index (χ4v) is 3.17. The van der Waals surface area contributed by atoms with Crippen LogP contribution in [0.3, 0.4) is 0 Å². The number of carbonyl (C=O) groups excluding carboxylic acids is 1. The predicted molar refractivity (Wildman–Crippen MR) is 71.5 cm³/mol. The van der Waals surface area contributed by atoms with Crippen LogP contribution in [0.1, 0.15) is 40.4 Å². The molecule has 3 aliphatic rings. The van der Waals surface area contributed by atoms with Crippen molar-refractivity contribution in [2.24, 2.45) is 17.8 Å². The van der Waals surface area contributed by atoms with Crippen LogP contribution in [0.4, 0.5) is 0 Å². The van der Waals surface area contributed by atoms with E-state index in [1.165, 1.54) is 25.0 Å². The molecule has 2 N–H and O–H groups in total. The molecule has 1 amide bonds. The zero-order valence-corrected chi connectivity index (χ0v) is 11.0. The maximum Gasteiger partial charge on any atom is 0.371 e. The molecule has 0 radical (unpaired) electrons. The quantitative estimate of drug-likeness (QED) is 0.826. The number of amides is 1. The van der Waals surface area contributed by atoms with Crippen molar-refractivity contribution >= 4 is 11.9 Å². The minimum atomic E-state index is -1.17. The van der Waals surface area contributed by atoms with Crippen LogP contribution in [-0.4, -0.2) is 23.5 Å². The SMILES string of the molecule is O=C(O)c1ccc(C(=O)NCC2CC3C=CC2CC3)o1. The number of hydrogen-bond donors (Lipinski definition) is 2. The lowest BCUT2D eigenvalue weighted by atomic mass is 9.69. The monoisotopic (exact) mass is 275 g/mol. The topological polar surface area (TPSA) is 79.5 Å². The molecule has 106 valence electrons. The molecule has 0 aromatic carbocycles. The Hall–Kier alpha value is -2.04. The first-order valence-corrected chi connectivity index (χ1v) is 6.93. The van der Waals surface area contributed by atoms with Crippen molar-refractivity contribution in [3.8, 4) is 0 Å². The summed E-state index contributed by atoms with van der Waals surface area (Å²) in [7, 11) is 0. The van der Waals surface area contributed by atoms with E-state index in [0.717, 1.165) is 6.42 Å². The van der Waals surface area contributed by atoms with E-state index in [0.29, 0.717) is 24.3 Å². The zero-order chi connectivity index (χ0) is 14.1. The molecule has 5 nitrogen and oxygen atoms in total. The molecule has 2 bridgehead atoms. The lowest BCUT2D eigenvalue weighted by Crippen LogP contribution is -2.37. The van der Waals surface area contributed by atoms with Crippen molar-refractivity contribution in [2.75, 3.05) is 6.54 Å². The average Bonchev–Trinajstić information content (AvgIpc) is 2.96. The van der Waals surface area contributed by atoms with Crippen LogP contribution in [0.5, 0.6) is 0 Å². The average molecular weight is 275 g/mol. The van der Waals surface area contributed by atoms with Gasteiger partial charge in [0.25, 0.3) is 5.91 Å². The van der Waals surface area contributed by atoms with Crippen LogP contribution in [0.25, 0.3) is 0 Å². The van der Waals surface area contributed by atoms with Crippen LogP contribution >= 0.6 is 0 Å². The Labute approximate surface area is 116 Å². The third-order valence-corrected chi connectivity index (χ3v) is 4.28. The van der Waals surface area contributed by atoms with Gasteiger partial charge >= 0.3 is 5.97 Å². The number of rotatable bonds is 4. The van der Waals surface area contributed by atoms with Gasteiger partial charge in [-0.25, -0.2) is 4.79 Å². The summed E-state index contributed by atoms with van der Waals surface area (Å²) in [5, 5.41) is 11.6.